The minimum Gasteiger partial charge on any atom is -0.468 e. The quantitative estimate of drug-likeness (QED) is 0.771. The molecule has 136 valence electrons. The molecule has 7 heteroatoms. The number of hydrogen-bond acceptors (Lipinski definition) is 4. The van der Waals surface area contributed by atoms with Gasteiger partial charge in [-0.1, -0.05) is 40.2 Å². The second kappa shape index (κ2) is 7.97. The van der Waals surface area contributed by atoms with Crippen LogP contribution in [0, 0.1) is 5.82 Å². The molecule has 1 amide bonds. The average Bonchev–Trinajstić information content (AvgIpc) is 2.63. The predicted octanol–water partition coefficient (Wildman–Crippen LogP) is 3.13. The first-order valence-electron chi connectivity index (χ1n) is 8.11. The summed E-state index contributed by atoms with van der Waals surface area (Å²) in [7, 11) is 1.33. The van der Waals surface area contributed by atoms with Crippen LogP contribution in [0.4, 0.5) is 10.1 Å². The number of hydrogen-bond donors (Lipinski definition) is 1. The van der Waals surface area contributed by atoms with Gasteiger partial charge in [0.25, 0.3) is 0 Å². The molecule has 26 heavy (non-hydrogen) atoms. The van der Waals surface area contributed by atoms with Gasteiger partial charge in [0.2, 0.25) is 5.91 Å². The molecule has 0 radical (unpaired) electrons. The lowest BCUT2D eigenvalue weighted by Crippen LogP contribution is -2.49. The number of carbonyl (C=O) groups excluding carboxylic acids is 2. The van der Waals surface area contributed by atoms with Gasteiger partial charge >= 0.3 is 5.97 Å². The van der Waals surface area contributed by atoms with Crippen LogP contribution in [-0.2, 0) is 27.3 Å². The molecule has 3 rings (SSSR count). The van der Waals surface area contributed by atoms with Gasteiger partial charge in [-0.15, -0.1) is 0 Å². The SMILES string of the molecule is COC(=O)C1Cc2ccccc2CN1CC(=O)Nc1ccc(Br)cc1F. The van der Waals surface area contributed by atoms with Crippen molar-refractivity contribution in [1.82, 2.24) is 4.90 Å². The molecule has 1 unspecified atom stereocenters. The lowest BCUT2D eigenvalue weighted by molar-refractivity contribution is -0.148. The van der Waals surface area contributed by atoms with Crippen LogP contribution in [-0.4, -0.2) is 36.5 Å². The molecule has 0 aliphatic carbocycles. The highest BCUT2D eigenvalue weighted by Crippen LogP contribution is 2.24. The van der Waals surface area contributed by atoms with E-state index < -0.39 is 11.9 Å². The Bertz CT molecular complexity index is 843. The standard InChI is InChI=1S/C19H18BrFN2O3/c1-26-19(25)17-8-12-4-2-3-5-13(12)10-23(17)11-18(24)22-16-7-6-14(20)9-15(16)21/h2-7,9,17H,8,10-11H2,1H3,(H,22,24). The molecule has 1 atom stereocenters. The summed E-state index contributed by atoms with van der Waals surface area (Å²) >= 11 is 3.18. The van der Waals surface area contributed by atoms with Crippen LogP contribution in [0.15, 0.2) is 46.9 Å². The number of nitrogens with zero attached hydrogens (tertiary/aromatic N) is 1. The number of fused-ring (bicyclic) bond motifs is 1. The Labute approximate surface area is 159 Å². The highest BCUT2D eigenvalue weighted by Gasteiger charge is 2.33. The molecule has 0 bridgehead atoms. The van der Waals surface area contributed by atoms with Crippen LogP contribution in [0.3, 0.4) is 0 Å². The zero-order chi connectivity index (χ0) is 18.7. The lowest BCUT2D eigenvalue weighted by atomic mass is 9.94. The van der Waals surface area contributed by atoms with Crippen molar-refractivity contribution in [3.8, 4) is 0 Å². The van der Waals surface area contributed by atoms with Crippen LogP contribution < -0.4 is 5.32 Å². The minimum absolute atomic E-state index is 0.0381. The number of halogens is 2. The summed E-state index contributed by atoms with van der Waals surface area (Å²) in [6.45, 7) is 0.412. The van der Waals surface area contributed by atoms with Gasteiger partial charge < -0.3 is 10.1 Å². The van der Waals surface area contributed by atoms with Gasteiger partial charge in [0.1, 0.15) is 11.9 Å². The molecule has 0 fully saturated rings. The molecule has 0 saturated heterocycles. The number of esters is 1. The maximum Gasteiger partial charge on any atom is 0.323 e. The Morgan fingerprint density at radius 2 is 2.00 bits per heavy atom. The van der Waals surface area contributed by atoms with Gasteiger partial charge in [0, 0.05) is 11.0 Å². The molecule has 1 N–H and O–H groups in total. The van der Waals surface area contributed by atoms with E-state index in [1.54, 1.807) is 11.0 Å². The highest BCUT2D eigenvalue weighted by molar-refractivity contribution is 9.10. The predicted molar refractivity (Wildman–Crippen MR) is 99.1 cm³/mol. The van der Waals surface area contributed by atoms with E-state index in [0.29, 0.717) is 17.4 Å². The Kier molecular flexibility index (Phi) is 5.68. The normalized spacial score (nSPS) is 16.7. The molecule has 0 saturated carbocycles. The second-order valence-corrected chi connectivity index (χ2v) is 7.00. The van der Waals surface area contributed by atoms with Crippen molar-refractivity contribution >= 4 is 33.5 Å². The first kappa shape index (κ1) is 18.5. The Morgan fingerprint density at radius 3 is 2.69 bits per heavy atom. The molecule has 5 nitrogen and oxygen atoms in total. The molecule has 0 aromatic heterocycles. The fourth-order valence-electron chi connectivity index (χ4n) is 3.08. The summed E-state index contributed by atoms with van der Waals surface area (Å²) in [6.07, 6.45) is 0.475. The molecule has 0 spiro atoms. The number of amides is 1. The smallest absolute Gasteiger partial charge is 0.323 e. The van der Waals surface area contributed by atoms with Gasteiger partial charge in [-0.2, -0.15) is 0 Å². The van der Waals surface area contributed by atoms with Gasteiger partial charge in [0.15, 0.2) is 0 Å². The Balaban J connectivity index is 1.75. The minimum atomic E-state index is -0.546. The number of rotatable bonds is 4. The summed E-state index contributed by atoms with van der Waals surface area (Å²) in [5.74, 6) is -1.30. The van der Waals surface area contributed by atoms with Crippen molar-refractivity contribution in [1.29, 1.82) is 0 Å². The largest absolute Gasteiger partial charge is 0.468 e. The first-order chi connectivity index (χ1) is 12.5. The third-order valence-electron chi connectivity index (χ3n) is 4.37. The topological polar surface area (TPSA) is 58.6 Å². The monoisotopic (exact) mass is 420 g/mol. The van der Waals surface area contributed by atoms with E-state index in [4.69, 9.17) is 4.74 Å². The summed E-state index contributed by atoms with van der Waals surface area (Å²) < 4.78 is 19.4. The zero-order valence-electron chi connectivity index (χ0n) is 14.2. The molecule has 2 aromatic carbocycles. The van der Waals surface area contributed by atoms with Gasteiger partial charge in [0.05, 0.1) is 19.3 Å². The van der Waals surface area contributed by atoms with Crippen molar-refractivity contribution in [2.75, 3.05) is 19.0 Å². The van der Waals surface area contributed by atoms with E-state index in [2.05, 4.69) is 21.2 Å². The Morgan fingerprint density at radius 1 is 1.27 bits per heavy atom. The molecular weight excluding hydrogens is 403 g/mol. The third-order valence-corrected chi connectivity index (χ3v) is 4.86. The van der Waals surface area contributed by atoms with Crippen molar-refractivity contribution in [3.63, 3.8) is 0 Å². The second-order valence-electron chi connectivity index (χ2n) is 6.09. The maximum absolute atomic E-state index is 13.9. The van der Waals surface area contributed by atoms with E-state index in [9.17, 15) is 14.0 Å². The van der Waals surface area contributed by atoms with Crippen LogP contribution >= 0.6 is 15.9 Å². The lowest BCUT2D eigenvalue weighted by Gasteiger charge is -2.34. The molecule has 1 aliphatic heterocycles. The average molecular weight is 421 g/mol. The number of carbonyl (C=O) groups is 2. The molecule has 2 aromatic rings. The highest BCUT2D eigenvalue weighted by atomic mass is 79.9. The number of anilines is 1. The van der Waals surface area contributed by atoms with Gasteiger partial charge in [-0.3, -0.25) is 14.5 Å². The fraction of sp³-hybridized carbons (Fsp3) is 0.263. The molecule has 1 aliphatic rings. The van der Waals surface area contributed by atoms with E-state index in [1.165, 1.54) is 19.2 Å². The van der Waals surface area contributed by atoms with Crippen molar-refractivity contribution in [2.24, 2.45) is 0 Å². The van der Waals surface area contributed by atoms with Crippen LogP contribution in [0.5, 0.6) is 0 Å². The third kappa shape index (κ3) is 4.11. The number of methoxy groups -OCH3 is 1. The first-order valence-corrected chi connectivity index (χ1v) is 8.91. The summed E-state index contributed by atoms with van der Waals surface area (Å²) in [6, 6.07) is 11.7. The van der Waals surface area contributed by atoms with E-state index in [0.717, 1.165) is 11.1 Å². The fourth-order valence-corrected chi connectivity index (χ4v) is 3.41. The molecular formula is C19H18BrFN2O3. The Hall–Kier alpha value is -2.25. The summed E-state index contributed by atoms with van der Waals surface area (Å²) in [5.41, 5.74) is 2.24. The van der Waals surface area contributed by atoms with E-state index >= 15 is 0 Å². The van der Waals surface area contributed by atoms with Crippen LogP contribution in [0.25, 0.3) is 0 Å². The molecule has 1 heterocycles. The van der Waals surface area contributed by atoms with Crippen molar-refractivity contribution in [2.45, 2.75) is 19.0 Å². The van der Waals surface area contributed by atoms with Crippen LogP contribution in [0.2, 0.25) is 0 Å². The van der Waals surface area contributed by atoms with Crippen molar-refractivity contribution < 1.29 is 18.7 Å². The summed E-state index contributed by atoms with van der Waals surface area (Å²) in [4.78, 5) is 26.3. The van der Waals surface area contributed by atoms with Gasteiger partial charge in [-0.25, -0.2) is 4.39 Å². The van der Waals surface area contributed by atoms with E-state index in [1.807, 2.05) is 24.3 Å². The van der Waals surface area contributed by atoms with Crippen LogP contribution in [0.1, 0.15) is 11.1 Å². The van der Waals surface area contributed by atoms with Gasteiger partial charge in [-0.05, 0) is 35.7 Å². The summed E-state index contributed by atoms with van der Waals surface area (Å²) in [5, 5.41) is 2.56. The zero-order valence-corrected chi connectivity index (χ0v) is 15.8. The number of ether oxygens (including phenoxy) is 1. The van der Waals surface area contributed by atoms with E-state index in [-0.39, 0.29) is 24.1 Å². The maximum atomic E-state index is 13.9. The number of nitrogens with one attached hydrogen (secondary N) is 1. The van der Waals surface area contributed by atoms with Crippen molar-refractivity contribution in [3.05, 3.63) is 63.9 Å². The number of benzene rings is 2.